The Bertz CT molecular complexity index is 774. The van der Waals surface area contributed by atoms with Crippen LogP contribution in [-0.4, -0.2) is 32.8 Å². The number of amides is 1. The fourth-order valence-electron chi connectivity index (χ4n) is 2.92. The lowest BCUT2D eigenvalue weighted by Gasteiger charge is -2.33. The van der Waals surface area contributed by atoms with Gasteiger partial charge in [0.25, 0.3) is 5.56 Å². The first-order chi connectivity index (χ1) is 10.5. The van der Waals surface area contributed by atoms with E-state index in [9.17, 15) is 9.59 Å². The van der Waals surface area contributed by atoms with Gasteiger partial charge in [0.2, 0.25) is 5.91 Å². The molecule has 0 aromatic carbocycles. The van der Waals surface area contributed by atoms with E-state index < -0.39 is 0 Å². The molecule has 1 aliphatic rings. The molecule has 3 rings (SSSR count). The van der Waals surface area contributed by atoms with Crippen LogP contribution in [0.25, 0.3) is 5.65 Å². The van der Waals surface area contributed by atoms with E-state index in [1.165, 1.54) is 10.5 Å². The highest BCUT2D eigenvalue weighted by Gasteiger charge is 2.27. The molecule has 7 heteroatoms. The highest BCUT2D eigenvalue weighted by atomic mass is 79.9. The minimum Gasteiger partial charge on any atom is -0.368 e. The zero-order valence-corrected chi connectivity index (χ0v) is 13.6. The number of hydrogen-bond acceptors (Lipinski definition) is 4. The molecule has 0 spiro atoms. The quantitative estimate of drug-likeness (QED) is 0.889. The molecule has 0 aliphatic carbocycles. The first-order valence-corrected chi connectivity index (χ1v) is 8.05. The van der Waals surface area contributed by atoms with E-state index in [1.54, 1.807) is 12.3 Å². The first-order valence-electron chi connectivity index (χ1n) is 7.26. The number of rotatable bonds is 3. The van der Waals surface area contributed by atoms with Crippen molar-refractivity contribution in [1.29, 1.82) is 0 Å². The van der Waals surface area contributed by atoms with Crippen molar-refractivity contribution in [2.24, 2.45) is 5.73 Å². The molecule has 2 N–H and O–H groups in total. The van der Waals surface area contributed by atoms with Crippen molar-refractivity contribution >= 4 is 27.5 Å². The van der Waals surface area contributed by atoms with Crippen LogP contribution in [0.1, 0.15) is 25.0 Å². The number of fused-ring (bicyclic) bond motifs is 1. The standard InChI is InChI=1S/C15H17BrN4O2/c16-10-4-5-13-18-11(7-14(21)20(13)8-10)9-19-6-2-1-3-12(19)15(17)22/h4-5,7-8,12H,1-3,6,9H2,(H2,17,22)/t12-/m0/s1. The number of piperidine rings is 1. The van der Waals surface area contributed by atoms with Crippen LogP contribution >= 0.6 is 15.9 Å². The Balaban J connectivity index is 1.92. The Morgan fingerprint density at radius 1 is 1.41 bits per heavy atom. The number of nitrogens with two attached hydrogens (primary N) is 1. The van der Waals surface area contributed by atoms with Crippen LogP contribution in [0.3, 0.4) is 0 Å². The summed E-state index contributed by atoms with van der Waals surface area (Å²) in [4.78, 5) is 30.3. The normalized spacial score (nSPS) is 19.4. The van der Waals surface area contributed by atoms with Crippen molar-refractivity contribution in [2.75, 3.05) is 6.54 Å². The van der Waals surface area contributed by atoms with Gasteiger partial charge in [0, 0.05) is 23.3 Å². The number of hydrogen-bond donors (Lipinski definition) is 1. The molecule has 2 aromatic rings. The number of likely N-dealkylation sites (tertiary alicyclic amines) is 1. The second-order valence-electron chi connectivity index (χ2n) is 5.55. The molecule has 0 radical (unpaired) electrons. The number of halogens is 1. The molecule has 0 saturated carbocycles. The zero-order chi connectivity index (χ0) is 15.7. The summed E-state index contributed by atoms with van der Waals surface area (Å²) >= 11 is 3.34. The van der Waals surface area contributed by atoms with Crippen molar-refractivity contribution in [3.63, 3.8) is 0 Å². The van der Waals surface area contributed by atoms with Crippen LogP contribution in [0.4, 0.5) is 0 Å². The van der Waals surface area contributed by atoms with E-state index in [2.05, 4.69) is 20.9 Å². The van der Waals surface area contributed by atoms with Crippen LogP contribution in [0, 0.1) is 0 Å². The molecule has 116 valence electrons. The van der Waals surface area contributed by atoms with E-state index in [1.807, 2.05) is 11.0 Å². The topological polar surface area (TPSA) is 80.7 Å². The van der Waals surface area contributed by atoms with Crippen LogP contribution in [-0.2, 0) is 11.3 Å². The summed E-state index contributed by atoms with van der Waals surface area (Å²) in [5.41, 5.74) is 6.61. The monoisotopic (exact) mass is 364 g/mol. The van der Waals surface area contributed by atoms with Gasteiger partial charge in [-0.05, 0) is 47.4 Å². The van der Waals surface area contributed by atoms with Gasteiger partial charge >= 0.3 is 0 Å². The number of pyridine rings is 1. The molecule has 1 fully saturated rings. The molecule has 1 aliphatic heterocycles. The second kappa shape index (κ2) is 6.18. The highest BCUT2D eigenvalue weighted by molar-refractivity contribution is 9.10. The van der Waals surface area contributed by atoms with Crippen molar-refractivity contribution in [1.82, 2.24) is 14.3 Å². The fourth-order valence-corrected chi connectivity index (χ4v) is 3.25. The van der Waals surface area contributed by atoms with E-state index in [0.717, 1.165) is 30.3 Å². The Morgan fingerprint density at radius 2 is 2.23 bits per heavy atom. The van der Waals surface area contributed by atoms with Gasteiger partial charge in [-0.1, -0.05) is 6.42 Å². The number of carbonyl (C=O) groups excluding carboxylic acids is 1. The Morgan fingerprint density at radius 3 is 3.00 bits per heavy atom. The van der Waals surface area contributed by atoms with Crippen molar-refractivity contribution < 1.29 is 4.79 Å². The summed E-state index contributed by atoms with van der Waals surface area (Å²) in [7, 11) is 0. The minimum atomic E-state index is -0.304. The third-order valence-corrected chi connectivity index (χ3v) is 4.45. The molecule has 6 nitrogen and oxygen atoms in total. The smallest absolute Gasteiger partial charge is 0.258 e. The summed E-state index contributed by atoms with van der Waals surface area (Å²) in [5, 5.41) is 0. The van der Waals surface area contributed by atoms with Crippen LogP contribution in [0.2, 0.25) is 0 Å². The Labute approximate surface area is 136 Å². The summed E-state index contributed by atoms with van der Waals surface area (Å²) < 4.78 is 2.32. The SMILES string of the molecule is NC(=O)[C@@H]1CCCCN1Cc1cc(=O)n2cc(Br)ccc2n1. The average molecular weight is 365 g/mol. The number of nitrogens with zero attached hydrogens (tertiary/aromatic N) is 3. The second-order valence-corrected chi connectivity index (χ2v) is 6.46. The highest BCUT2D eigenvalue weighted by Crippen LogP contribution is 2.19. The average Bonchev–Trinajstić information content (AvgIpc) is 2.48. The van der Waals surface area contributed by atoms with Crippen LogP contribution in [0.5, 0.6) is 0 Å². The third kappa shape index (κ3) is 3.05. The Kier molecular flexibility index (Phi) is 4.26. The number of aromatic nitrogens is 2. The van der Waals surface area contributed by atoms with E-state index >= 15 is 0 Å². The molecule has 0 unspecified atom stereocenters. The Hall–Kier alpha value is -1.73. The van der Waals surface area contributed by atoms with Gasteiger partial charge in [-0.15, -0.1) is 0 Å². The van der Waals surface area contributed by atoms with Gasteiger partial charge in [0.15, 0.2) is 0 Å². The first kappa shape index (κ1) is 15.2. The van der Waals surface area contributed by atoms with Gasteiger partial charge in [-0.25, -0.2) is 4.98 Å². The number of primary amides is 1. The van der Waals surface area contributed by atoms with Gasteiger partial charge in [0.05, 0.1) is 11.7 Å². The summed E-state index contributed by atoms with van der Waals surface area (Å²) in [6.45, 7) is 1.27. The summed E-state index contributed by atoms with van der Waals surface area (Å²) in [6, 6.07) is 4.89. The van der Waals surface area contributed by atoms with Gasteiger partial charge in [-0.2, -0.15) is 0 Å². The third-order valence-electron chi connectivity index (χ3n) is 3.98. The van der Waals surface area contributed by atoms with Crippen LogP contribution in [0.15, 0.2) is 33.7 Å². The molecule has 22 heavy (non-hydrogen) atoms. The van der Waals surface area contributed by atoms with Gasteiger partial charge in [-0.3, -0.25) is 18.9 Å². The molecular formula is C15H17BrN4O2. The lowest BCUT2D eigenvalue weighted by Crippen LogP contribution is -2.47. The molecule has 3 heterocycles. The fraction of sp³-hybridized carbons (Fsp3) is 0.400. The predicted molar refractivity (Wildman–Crippen MR) is 86.4 cm³/mol. The van der Waals surface area contributed by atoms with Crippen molar-refractivity contribution in [3.05, 3.63) is 44.9 Å². The molecule has 2 aromatic heterocycles. The maximum atomic E-state index is 12.2. The maximum absolute atomic E-state index is 12.2. The molecule has 1 saturated heterocycles. The largest absolute Gasteiger partial charge is 0.368 e. The lowest BCUT2D eigenvalue weighted by atomic mass is 10.0. The van der Waals surface area contributed by atoms with E-state index in [4.69, 9.17) is 5.73 Å². The number of carbonyl (C=O) groups is 1. The molecular weight excluding hydrogens is 348 g/mol. The van der Waals surface area contributed by atoms with E-state index in [0.29, 0.717) is 17.9 Å². The van der Waals surface area contributed by atoms with Crippen LogP contribution < -0.4 is 11.3 Å². The zero-order valence-electron chi connectivity index (χ0n) is 12.0. The van der Waals surface area contributed by atoms with Gasteiger partial charge < -0.3 is 5.73 Å². The molecule has 1 amide bonds. The summed E-state index contributed by atoms with van der Waals surface area (Å²) in [5.74, 6) is -0.304. The minimum absolute atomic E-state index is 0.131. The van der Waals surface area contributed by atoms with E-state index in [-0.39, 0.29) is 17.5 Å². The molecule has 1 atom stereocenters. The van der Waals surface area contributed by atoms with Crippen molar-refractivity contribution in [2.45, 2.75) is 31.8 Å². The maximum Gasteiger partial charge on any atom is 0.258 e. The van der Waals surface area contributed by atoms with Gasteiger partial charge in [0.1, 0.15) is 5.65 Å². The lowest BCUT2D eigenvalue weighted by molar-refractivity contribution is -0.124. The molecule has 0 bridgehead atoms. The predicted octanol–water partition coefficient (Wildman–Crippen LogP) is 1.30. The summed E-state index contributed by atoms with van der Waals surface area (Å²) in [6.07, 6.45) is 4.51. The van der Waals surface area contributed by atoms with Crippen molar-refractivity contribution in [3.8, 4) is 0 Å².